The van der Waals surface area contributed by atoms with Gasteiger partial charge < -0.3 is 9.13 Å². The number of para-hydroxylation sites is 3. The number of allylic oxidation sites excluding steroid dienone is 2. The Balaban J connectivity index is 1.04. The van der Waals surface area contributed by atoms with E-state index < -0.39 is 0 Å². The monoisotopic (exact) mass is 638 g/mol. The van der Waals surface area contributed by atoms with Gasteiger partial charge in [0.1, 0.15) is 5.84 Å². The predicted molar refractivity (Wildman–Crippen MR) is 209 cm³/mol. The number of hydrogen-bond donors (Lipinski definition) is 0. The minimum absolute atomic E-state index is 0.159. The highest BCUT2D eigenvalue weighted by Crippen LogP contribution is 2.43. The zero-order valence-corrected chi connectivity index (χ0v) is 27.1. The van der Waals surface area contributed by atoms with Crippen LogP contribution in [0.1, 0.15) is 11.9 Å². The summed E-state index contributed by atoms with van der Waals surface area (Å²) in [6.07, 6.45) is 6.35. The summed E-state index contributed by atoms with van der Waals surface area (Å²) in [5, 5.41) is 7.47. The quantitative estimate of drug-likeness (QED) is 0.188. The van der Waals surface area contributed by atoms with Crippen molar-refractivity contribution in [1.82, 2.24) is 14.0 Å². The fourth-order valence-corrected chi connectivity index (χ4v) is 8.25. The highest BCUT2D eigenvalue weighted by atomic mass is 15.5. The van der Waals surface area contributed by atoms with Gasteiger partial charge in [0.05, 0.1) is 22.1 Å². The van der Waals surface area contributed by atoms with E-state index in [1.54, 1.807) is 0 Å². The molecule has 1 unspecified atom stereocenters. The molecule has 0 fully saturated rings. The molecule has 0 saturated carbocycles. The van der Waals surface area contributed by atoms with Gasteiger partial charge in [0, 0.05) is 39.0 Å². The average Bonchev–Trinajstić information content (AvgIpc) is 3.67. The molecule has 0 saturated heterocycles. The molecule has 1 atom stereocenters. The normalized spacial score (nSPS) is 15.5. The molecule has 50 heavy (non-hydrogen) atoms. The van der Waals surface area contributed by atoms with E-state index in [0.29, 0.717) is 0 Å². The number of fused-ring (bicyclic) bond motifs is 8. The maximum atomic E-state index is 5.31. The van der Waals surface area contributed by atoms with Gasteiger partial charge in [-0.15, -0.1) is 0 Å². The zero-order chi connectivity index (χ0) is 32.8. The van der Waals surface area contributed by atoms with Gasteiger partial charge in [-0.05, 0) is 88.1 Å². The largest absolute Gasteiger partial charge is 0.309 e. The third-order valence-electron chi connectivity index (χ3n) is 10.5. The summed E-state index contributed by atoms with van der Waals surface area (Å²) in [5.41, 5.74) is 10.8. The summed E-state index contributed by atoms with van der Waals surface area (Å²) in [5.74, 6) is 1.01. The third kappa shape index (κ3) is 3.84. The van der Waals surface area contributed by atoms with E-state index in [4.69, 9.17) is 4.99 Å². The first-order valence-electron chi connectivity index (χ1n) is 17.2. The van der Waals surface area contributed by atoms with Gasteiger partial charge in [0.25, 0.3) is 0 Å². The Labute approximate surface area is 288 Å². The second-order valence-corrected chi connectivity index (χ2v) is 13.2. The highest BCUT2D eigenvalue weighted by molar-refractivity contribution is 6.28. The van der Waals surface area contributed by atoms with Crippen molar-refractivity contribution >= 4 is 65.8 Å². The van der Waals surface area contributed by atoms with Crippen LogP contribution in [0.3, 0.4) is 0 Å². The maximum Gasteiger partial charge on any atom is 0.210 e. The van der Waals surface area contributed by atoms with Crippen LogP contribution in [0.2, 0.25) is 0 Å². The van der Waals surface area contributed by atoms with Crippen molar-refractivity contribution in [3.05, 3.63) is 182 Å². The molecule has 0 N–H and O–H groups in total. The molecule has 2 aliphatic rings. The summed E-state index contributed by atoms with van der Waals surface area (Å²) in [4.78, 5) is 7.62. The SMILES string of the molecule is C1=CN2C(=NC2n2c3ccccc3c3cc(-c4ccc5c(c4)c4ccccc4n5-c4ccccc4)ccc32)C(c2cccc3ccccc23)=C1. The zero-order valence-electron chi connectivity index (χ0n) is 27.1. The van der Waals surface area contributed by atoms with Gasteiger partial charge in [-0.25, -0.2) is 4.99 Å². The summed E-state index contributed by atoms with van der Waals surface area (Å²) in [6, 6.07) is 57.0. The lowest BCUT2D eigenvalue weighted by molar-refractivity contribution is 0.280. The second kappa shape index (κ2) is 10.4. The van der Waals surface area contributed by atoms with Gasteiger partial charge in [0.15, 0.2) is 0 Å². The lowest BCUT2D eigenvalue weighted by Crippen LogP contribution is -2.43. The Morgan fingerprint density at radius 1 is 0.480 bits per heavy atom. The molecule has 9 aromatic rings. The van der Waals surface area contributed by atoms with Gasteiger partial charge in [0.2, 0.25) is 6.29 Å². The van der Waals surface area contributed by atoms with Crippen molar-refractivity contribution < 1.29 is 0 Å². The van der Waals surface area contributed by atoms with E-state index in [1.807, 2.05) is 0 Å². The number of aromatic nitrogens is 2. The Bertz CT molecular complexity index is 2930. The molecule has 234 valence electrons. The first-order valence-corrected chi connectivity index (χ1v) is 17.2. The van der Waals surface area contributed by atoms with Gasteiger partial charge in [-0.3, -0.25) is 4.90 Å². The number of benzene rings is 7. The number of rotatable bonds is 4. The van der Waals surface area contributed by atoms with Crippen LogP contribution in [-0.4, -0.2) is 19.9 Å². The van der Waals surface area contributed by atoms with Crippen LogP contribution in [-0.2, 0) is 0 Å². The summed E-state index contributed by atoms with van der Waals surface area (Å²) >= 11 is 0. The molecule has 4 nitrogen and oxygen atoms in total. The van der Waals surface area contributed by atoms with Crippen LogP contribution in [0.5, 0.6) is 0 Å². The van der Waals surface area contributed by atoms with Crippen LogP contribution >= 0.6 is 0 Å². The maximum absolute atomic E-state index is 5.31. The predicted octanol–water partition coefficient (Wildman–Crippen LogP) is 11.5. The minimum Gasteiger partial charge on any atom is -0.309 e. The topological polar surface area (TPSA) is 25.5 Å². The Morgan fingerprint density at radius 2 is 1.08 bits per heavy atom. The van der Waals surface area contributed by atoms with Crippen LogP contribution < -0.4 is 0 Å². The molecule has 2 aliphatic heterocycles. The fraction of sp³-hybridized carbons (Fsp3) is 0.0217. The van der Waals surface area contributed by atoms with Crippen molar-refractivity contribution in [3.63, 3.8) is 0 Å². The molecule has 0 bridgehead atoms. The molecule has 0 aliphatic carbocycles. The Kier molecular flexibility index (Phi) is 5.69. The third-order valence-corrected chi connectivity index (χ3v) is 10.5. The number of amidine groups is 1. The first kappa shape index (κ1) is 27.3. The molecule has 4 heteroatoms. The number of nitrogens with zero attached hydrogens (tertiary/aromatic N) is 4. The second-order valence-electron chi connectivity index (χ2n) is 13.2. The number of hydrogen-bond acceptors (Lipinski definition) is 2. The molecule has 0 radical (unpaired) electrons. The van der Waals surface area contributed by atoms with Crippen molar-refractivity contribution in [2.24, 2.45) is 4.99 Å². The molecule has 11 rings (SSSR count). The molecule has 2 aromatic heterocycles. The Hall–Kier alpha value is -6.65. The van der Waals surface area contributed by atoms with Crippen LogP contribution in [0.4, 0.5) is 0 Å². The summed E-state index contributed by atoms with van der Waals surface area (Å²) < 4.78 is 4.76. The summed E-state index contributed by atoms with van der Waals surface area (Å²) in [7, 11) is 0. The van der Waals surface area contributed by atoms with Crippen molar-refractivity contribution in [1.29, 1.82) is 0 Å². The van der Waals surface area contributed by atoms with Crippen LogP contribution in [0.25, 0.3) is 76.8 Å². The van der Waals surface area contributed by atoms with E-state index in [9.17, 15) is 0 Å². The molecule has 0 amide bonds. The smallest absolute Gasteiger partial charge is 0.210 e. The van der Waals surface area contributed by atoms with Gasteiger partial charge >= 0.3 is 0 Å². The highest BCUT2D eigenvalue weighted by Gasteiger charge is 2.36. The molecule has 0 spiro atoms. The summed E-state index contributed by atoms with van der Waals surface area (Å²) in [6.45, 7) is 0. The van der Waals surface area contributed by atoms with Crippen molar-refractivity contribution in [2.75, 3.05) is 0 Å². The first-order chi connectivity index (χ1) is 24.8. The lowest BCUT2D eigenvalue weighted by Gasteiger charge is -2.41. The van der Waals surface area contributed by atoms with E-state index in [0.717, 1.165) is 11.4 Å². The standard InChI is InChI=1S/C46H30N4/c1-2-14-33(15-3-1)49-41-21-8-6-17-36(41)39-28-31(23-25-43(39)49)32-24-26-44-40(29-32)37-18-7-9-22-42(37)50(44)46-47-45-38(20-11-27-48(45)46)35-19-10-13-30-12-4-5-16-34(30)35/h1-29,46H. The lowest BCUT2D eigenvalue weighted by atomic mass is 9.94. The van der Waals surface area contributed by atoms with Gasteiger partial charge in [-0.2, -0.15) is 0 Å². The van der Waals surface area contributed by atoms with Crippen LogP contribution in [0, 0.1) is 0 Å². The van der Waals surface area contributed by atoms with E-state index in [2.05, 4.69) is 190 Å². The van der Waals surface area contributed by atoms with E-state index in [1.165, 1.54) is 76.8 Å². The van der Waals surface area contributed by atoms with Crippen molar-refractivity contribution in [3.8, 4) is 16.8 Å². The minimum atomic E-state index is -0.159. The molecular formula is C46H30N4. The van der Waals surface area contributed by atoms with E-state index >= 15 is 0 Å². The number of aliphatic imine (C=N–C) groups is 1. The van der Waals surface area contributed by atoms with E-state index in [-0.39, 0.29) is 6.29 Å². The molecule has 7 aromatic carbocycles. The Morgan fingerprint density at radius 3 is 1.90 bits per heavy atom. The molecule has 4 heterocycles. The van der Waals surface area contributed by atoms with Gasteiger partial charge in [-0.1, -0.05) is 109 Å². The van der Waals surface area contributed by atoms with Crippen molar-refractivity contribution in [2.45, 2.75) is 6.29 Å². The molecular weight excluding hydrogens is 609 g/mol. The van der Waals surface area contributed by atoms with Crippen LogP contribution in [0.15, 0.2) is 181 Å². The average molecular weight is 639 g/mol. The fourth-order valence-electron chi connectivity index (χ4n) is 8.25.